The molecule has 226 valence electrons. The second-order valence-corrected chi connectivity index (χ2v) is 13.4. The van der Waals surface area contributed by atoms with Gasteiger partial charge in [-0.1, -0.05) is 43.2 Å². The number of fused-ring (bicyclic) bond motifs is 1. The van der Waals surface area contributed by atoms with Gasteiger partial charge in [-0.05, 0) is 56.9 Å². The molecule has 6 rings (SSSR count). The second kappa shape index (κ2) is 13.9. The third kappa shape index (κ3) is 7.43. The van der Waals surface area contributed by atoms with Gasteiger partial charge in [0, 0.05) is 37.3 Å². The zero-order valence-corrected chi connectivity index (χ0v) is 25.8. The van der Waals surface area contributed by atoms with Gasteiger partial charge in [-0.3, -0.25) is 0 Å². The Kier molecular flexibility index (Phi) is 10.7. The molecule has 2 aliphatic carbocycles. The van der Waals surface area contributed by atoms with Crippen molar-refractivity contribution in [3.63, 3.8) is 0 Å². The summed E-state index contributed by atoms with van der Waals surface area (Å²) in [7, 11) is -3.36. The highest BCUT2D eigenvalue weighted by Gasteiger charge is 2.30. The van der Waals surface area contributed by atoms with Gasteiger partial charge in [0.25, 0.3) is 0 Å². The molecule has 1 saturated heterocycles. The average Bonchev–Trinajstić information content (AvgIpc) is 3.61. The molecule has 0 amide bonds. The monoisotopic (exact) mass is 624 g/mol. The summed E-state index contributed by atoms with van der Waals surface area (Å²) >= 11 is 0. The topological polar surface area (TPSA) is 131 Å². The Labute approximate surface area is 255 Å². The number of rotatable bonds is 8. The van der Waals surface area contributed by atoms with Crippen LogP contribution < -0.4 is 16.4 Å². The third-order valence-corrected chi connectivity index (χ3v) is 10.5. The maximum atomic E-state index is 13.0. The van der Waals surface area contributed by atoms with Crippen LogP contribution in [-0.2, 0) is 15.8 Å². The van der Waals surface area contributed by atoms with Crippen molar-refractivity contribution in [2.24, 2.45) is 5.73 Å². The fraction of sp³-hybridized carbons (Fsp3) is 0.607. The minimum absolute atomic E-state index is 0. The van der Waals surface area contributed by atoms with E-state index in [4.69, 9.17) is 20.7 Å². The SMILES string of the molecule is Cl.Cl.NC1CCC(Nc2nc(NC3CCN(S(=O)(=O)Cc4ccccc4)CC3)c3ncn(C4CCCC4)c3n2)CC1. The predicted octanol–water partition coefficient (Wildman–Crippen LogP) is 4.87. The van der Waals surface area contributed by atoms with Crippen molar-refractivity contribution in [3.05, 3.63) is 42.2 Å². The summed E-state index contributed by atoms with van der Waals surface area (Å²) in [6.45, 7) is 0.982. The van der Waals surface area contributed by atoms with E-state index in [-0.39, 0.29) is 42.7 Å². The number of nitrogens with zero attached hydrogens (tertiary/aromatic N) is 5. The lowest BCUT2D eigenvalue weighted by Crippen LogP contribution is -2.43. The second-order valence-electron chi connectivity index (χ2n) is 11.5. The molecule has 13 heteroatoms. The van der Waals surface area contributed by atoms with Crippen molar-refractivity contribution in [2.75, 3.05) is 23.7 Å². The lowest BCUT2D eigenvalue weighted by molar-refractivity contribution is 0.329. The zero-order chi connectivity index (χ0) is 26.8. The standard InChI is InChI=1S/C28H40N8O2S.2ClH/c29-21-10-12-22(13-11-21)32-28-33-26(25-27(34-28)36(19-30-25)24-8-4-5-9-24)31-23-14-16-35(17-15-23)39(37,38)18-20-6-2-1-3-7-20;;/h1-3,6-7,19,21-24H,4-5,8-18,29H2,(H2,31,32,33,34);2*1H. The first kappa shape index (κ1) is 31.7. The summed E-state index contributed by atoms with van der Waals surface area (Å²) in [5.74, 6) is 1.41. The van der Waals surface area contributed by atoms with Crippen LogP contribution in [-0.4, -0.2) is 63.5 Å². The Bertz CT molecular complexity index is 1370. The van der Waals surface area contributed by atoms with E-state index in [1.165, 1.54) is 12.8 Å². The summed E-state index contributed by atoms with van der Waals surface area (Å²) in [6.07, 6.45) is 12.2. The number of hydrogen-bond acceptors (Lipinski definition) is 8. The van der Waals surface area contributed by atoms with Crippen LogP contribution in [0.1, 0.15) is 75.8 Å². The zero-order valence-electron chi connectivity index (χ0n) is 23.3. The number of anilines is 2. The Morgan fingerprint density at radius 3 is 2.20 bits per heavy atom. The van der Waals surface area contributed by atoms with Gasteiger partial charge in [0.15, 0.2) is 17.0 Å². The van der Waals surface area contributed by atoms with Crippen LogP contribution in [0.15, 0.2) is 36.7 Å². The predicted molar refractivity (Wildman–Crippen MR) is 168 cm³/mol. The molecule has 2 saturated carbocycles. The number of nitrogens with two attached hydrogens (primary N) is 1. The Morgan fingerprint density at radius 2 is 1.51 bits per heavy atom. The lowest BCUT2D eigenvalue weighted by Gasteiger charge is -2.32. The van der Waals surface area contributed by atoms with Crippen LogP contribution in [0.4, 0.5) is 11.8 Å². The number of piperidine rings is 1. The van der Waals surface area contributed by atoms with Crippen molar-refractivity contribution >= 4 is 57.8 Å². The van der Waals surface area contributed by atoms with Gasteiger partial charge in [-0.25, -0.2) is 17.7 Å². The number of benzene rings is 1. The Balaban J connectivity index is 0.00000194. The number of hydrogen-bond donors (Lipinski definition) is 3. The first-order valence-corrected chi connectivity index (χ1v) is 16.1. The minimum Gasteiger partial charge on any atom is -0.365 e. The van der Waals surface area contributed by atoms with Crippen molar-refractivity contribution in [3.8, 4) is 0 Å². The van der Waals surface area contributed by atoms with E-state index in [0.29, 0.717) is 44.0 Å². The van der Waals surface area contributed by atoms with Gasteiger partial charge in [-0.2, -0.15) is 9.97 Å². The number of imidazole rings is 1. The van der Waals surface area contributed by atoms with Gasteiger partial charge in [0.05, 0.1) is 12.1 Å². The molecule has 0 spiro atoms. The number of aromatic nitrogens is 4. The molecule has 3 heterocycles. The minimum atomic E-state index is -3.36. The quantitative estimate of drug-likeness (QED) is 0.323. The Morgan fingerprint density at radius 1 is 0.854 bits per heavy atom. The molecular formula is C28H42Cl2N8O2S. The maximum absolute atomic E-state index is 13.0. The average molecular weight is 626 g/mol. The molecule has 0 atom stereocenters. The summed E-state index contributed by atoms with van der Waals surface area (Å²) in [6, 6.07) is 10.5. The fourth-order valence-electron chi connectivity index (χ4n) is 6.33. The normalized spacial score (nSPS) is 22.7. The maximum Gasteiger partial charge on any atom is 0.227 e. The molecular weight excluding hydrogens is 583 g/mol. The van der Waals surface area contributed by atoms with Crippen molar-refractivity contribution in [1.82, 2.24) is 23.8 Å². The summed E-state index contributed by atoms with van der Waals surface area (Å²) in [5, 5.41) is 7.21. The van der Waals surface area contributed by atoms with Gasteiger partial charge >= 0.3 is 0 Å². The van der Waals surface area contributed by atoms with E-state index in [0.717, 1.165) is 61.1 Å². The van der Waals surface area contributed by atoms with Crippen LogP contribution in [0.5, 0.6) is 0 Å². The van der Waals surface area contributed by atoms with Gasteiger partial charge < -0.3 is 20.9 Å². The fourth-order valence-corrected chi connectivity index (χ4v) is 7.89. The van der Waals surface area contributed by atoms with E-state index < -0.39 is 10.0 Å². The Hall–Kier alpha value is -2.18. The van der Waals surface area contributed by atoms with Crippen LogP contribution in [0.3, 0.4) is 0 Å². The summed E-state index contributed by atoms with van der Waals surface area (Å²) in [5.41, 5.74) is 8.60. The van der Waals surface area contributed by atoms with Crippen molar-refractivity contribution in [1.29, 1.82) is 0 Å². The molecule has 2 aromatic heterocycles. The van der Waals surface area contributed by atoms with Gasteiger partial charge in [-0.15, -0.1) is 24.8 Å². The number of sulfonamides is 1. The van der Waals surface area contributed by atoms with Crippen LogP contribution in [0.2, 0.25) is 0 Å². The van der Waals surface area contributed by atoms with Gasteiger partial charge in [0.1, 0.15) is 0 Å². The smallest absolute Gasteiger partial charge is 0.227 e. The molecule has 0 unspecified atom stereocenters. The number of nitrogens with one attached hydrogen (secondary N) is 2. The van der Waals surface area contributed by atoms with Gasteiger partial charge in [0.2, 0.25) is 16.0 Å². The van der Waals surface area contributed by atoms with Crippen molar-refractivity contribution in [2.45, 2.75) is 94.1 Å². The molecule has 4 N–H and O–H groups in total. The molecule has 3 fully saturated rings. The lowest BCUT2D eigenvalue weighted by atomic mass is 9.92. The van der Waals surface area contributed by atoms with Crippen LogP contribution in [0, 0.1) is 0 Å². The molecule has 0 bridgehead atoms. The molecule has 1 aromatic carbocycles. The molecule has 1 aliphatic heterocycles. The summed E-state index contributed by atoms with van der Waals surface area (Å²) < 4.78 is 29.9. The first-order chi connectivity index (χ1) is 18.9. The molecule has 41 heavy (non-hydrogen) atoms. The van der Waals surface area contributed by atoms with E-state index in [1.807, 2.05) is 36.7 Å². The highest BCUT2D eigenvalue weighted by atomic mass is 35.5. The van der Waals surface area contributed by atoms with E-state index >= 15 is 0 Å². The first-order valence-electron chi connectivity index (χ1n) is 14.5. The van der Waals surface area contributed by atoms with Crippen molar-refractivity contribution < 1.29 is 8.42 Å². The number of halogens is 2. The largest absolute Gasteiger partial charge is 0.365 e. The van der Waals surface area contributed by atoms with E-state index in [9.17, 15) is 8.42 Å². The molecule has 3 aliphatic rings. The van der Waals surface area contributed by atoms with Crippen LogP contribution in [0.25, 0.3) is 11.2 Å². The summed E-state index contributed by atoms with van der Waals surface area (Å²) in [4.78, 5) is 14.6. The molecule has 3 aromatic rings. The van der Waals surface area contributed by atoms with E-state index in [1.54, 1.807) is 4.31 Å². The molecule has 10 nitrogen and oxygen atoms in total. The molecule has 0 radical (unpaired) electrons. The van der Waals surface area contributed by atoms with E-state index in [2.05, 4.69) is 15.2 Å². The third-order valence-electron chi connectivity index (χ3n) is 8.62. The van der Waals surface area contributed by atoms with Crippen LogP contribution >= 0.6 is 24.8 Å². The highest BCUT2D eigenvalue weighted by molar-refractivity contribution is 7.88. The highest BCUT2D eigenvalue weighted by Crippen LogP contribution is 2.34.